The molecule has 0 heterocycles. The number of hydrogen-bond acceptors (Lipinski definition) is 4. The number of halogens is 2. The molecule has 8 heteroatoms. The summed E-state index contributed by atoms with van der Waals surface area (Å²) in [7, 11) is 0. The van der Waals surface area contributed by atoms with Crippen LogP contribution in [-0.2, 0) is 0 Å². The van der Waals surface area contributed by atoms with Gasteiger partial charge < -0.3 is 20.9 Å². The van der Waals surface area contributed by atoms with Crippen LogP contribution < -0.4 is 20.9 Å². The molecule has 6 nitrogen and oxygen atoms in total. The van der Waals surface area contributed by atoms with E-state index in [2.05, 4.69) is 14.9 Å². The van der Waals surface area contributed by atoms with Crippen molar-refractivity contribution in [2.75, 3.05) is 6.61 Å². The topological polar surface area (TPSA) is 95.2 Å². The van der Waals surface area contributed by atoms with Gasteiger partial charge in [0.05, 0.1) is 12.8 Å². The molecule has 4 N–H and O–H groups in total. The van der Waals surface area contributed by atoms with Crippen molar-refractivity contribution in [2.24, 2.45) is 21.7 Å². The molecule has 0 radical (unpaired) electrons. The van der Waals surface area contributed by atoms with E-state index in [4.69, 9.17) is 16.2 Å². The molecule has 1 rings (SSSR count). The summed E-state index contributed by atoms with van der Waals surface area (Å²) in [6.07, 6.45) is 1.36. The molecule has 0 atom stereocenters. The van der Waals surface area contributed by atoms with Gasteiger partial charge in [0.2, 0.25) is 5.96 Å². The van der Waals surface area contributed by atoms with E-state index in [1.165, 1.54) is 24.4 Å². The summed E-state index contributed by atoms with van der Waals surface area (Å²) in [5.41, 5.74) is 10.8. The molecule has 1 aromatic rings. The lowest BCUT2D eigenvalue weighted by atomic mass is 10.2. The highest BCUT2D eigenvalue weighted by Gasteiger charge is 2.10. The minimum Gasteiger partial charge on any atom is -0.490 e. The first-order valence-corrected chi connectivity index (χ1v) is 5.36. The van der Waals surface area contributed by atoms with Gasteiger partial charge in [-0.25, -0.2) is 0 Å². The summed E-state index contributed by atoms with van der Waals surface area (Å²) >= 11 is 0. The Kier molecular flexibility index (Phi) is 5.52. The molecular formula is C11H14F2N4O2. The molecule has 0 aliphatic carbocycles. The second kappa shape index (κ2) is 7.14. The average Bonchev–Trinajstić information content (AvgIpc) is 2.31. The second-order valence-electron chi connectivity index (χ2n) is 3.29. The van der Waals surface area contributed by atoms with E-state index in [-0.39, 0.29) is 17.5 Å². The maximum absolute atomic E-state index is 12.2. The summed E-state index contributed by atoms with van der Waals surface area (Å²) < 4.78 is 33.9. The first-order valence-electron chi connectivity index (χ1n) is 5.36. The summed E-state index contributed by atoms with van der Waals surface area (Å²) in [5, 5.41) is 7.02. The van der Waals surface area contributed by atoms with E-state index in [1.807, 2.05) is 0 Å². The summed E-state index contributed by atoms with van der Waals surface area (Å²) in [4.78, 5) is 0. The Balaban J connectivity index is 2.95. The molecule has 19 heavy (non-hydrogen) atoms. The first-order chi connectivity index (χ1) is 9.02. The molecule has 0 saturated heterocycles. The summed E-state index contributed by atoms with van der Waals surface area (Å²) in [6, 6.07) is 4.37. The van der Waals surface area contributed by atoms with Gasteiger partial charge in [-0.05, 0) is 30.7 Å². The fourth-order valence-corrected chi connectivity index (χ4v) is 1.23. The zero-order chi connectivity index (χ0) is 14.3. The fourth-order valence-electron chi connectivity index (χ4n) is 1.23. The van der Waals surface area contributed by atoms with Crippen molar-refractivity contribution < 1.29 is 18.3 Å². The zero-order valence-corrected chi connectivity index (χ0v) is 10.2. The lowest BCUT2D eigenvalue weighted by Gasteiger charge is -2.11. The monoisotopic (exact) mass is 272 g/mol. The quantitative estimate of drug-likeness (QED) is 0.463. The number of nitrogens with zero attached hydrogens (tertiary/aromatic N) is 2. The van der Waals surface area contributed by atoms with Gasteiger partial charge in [-0.3, -0.25) is 0 Å². The number of guanidine groups is 1. The lowest BCUT2D eigenvalue weighted by molar-refractivity contribution is -0.0514. The van der Waals surface area contributed by atoms with Crippen LogP contribution in [0, 0.1) is 0 Å². The van der Waals surface area contributed by atoms with Crippen molar-refractivity contribution in [3.63, 3.8) is 0 Å². The Morgan fingerprint density at radius 3 is 2.68 bits per heavy atom. The number of benzene rings is 1. The van der Waals surface area contributed by atoms with Gasteiger partial charge in [0.25, 0.3) is 0 Å². The van der Waals surface area contributed by atoms with E-state index >= 15 is 0 Å². The first kappa shape index (κ1) is 14.7. The largest absolute Gasteiger partial charge is 0.490 e. The smallest absolute Gasteiger partial charge is 0.387 e. The Morgan fingerprint density at radius 1 is 1.37 bits per heavy atom. The van der Waals surface area contributed by atoms with Crippen LogP contribution >= 0.6 is 0 Å². The van der Waals surface area contributed by atoms with E-state index in [1.54, 1.807) is 6.92 Å². The molecule has 0 spiro atoms. The standard InChI is InChI=1S/C11H14F2N4O2/c1-2-18-9-5-7(6-16-17-11(14)15)3-4-8(9)19-10(12)13/h3-6,10H,2H2,1H3,(H4,14,15,17)/b16-6-. The molecule has 0 unspecified atom stereocenters. The summed E-state index contributed by atoms with van der Waals surface area (Å²) in [6.45, 7) is -0.874. The molecular weight excluding hydrogens is 258 g/mol. The Hall–Kier alpha value is -2.38. The van der Waals surface area contributed by atoms with Crippen molar-refractivity contribution in [1.82, 2.24) is 0 Å². The van der Waals surface area contributed by atoms with Crippen LogP contribution in [0.1, 0.15) is 12.5 Å². The van der Waals surface area contributed by atoms with E-state index in [0.29, 0.717) is 12.2 Å². The van der Waals surface area contributed by atoms with Crippen LogP contribution in [-0.4, -0.2) is 25.4 Å². The lowest BCUT2D eigenvalue weighted by Crippen LogP contribution is -2.21. The number of hydrogen-bond donors (Lipinski definition) is 2. The third kappa shape index (κ3) is 5.19. The van der Waals surface area contributed by atoms with Gasteiger partial charge in [-0.2, -0.15) is 13.9 Å². The van der Waals surface area contributed by atoms with Crippen molar-refractivity contribution in [1.29, 1.82) is 0 Å². The molecule has 0 bridgehead atoms. The van der Waals surface area contributed by atoms with Gasteiger partial charge >= 0.3 is 6.61 Å². The Labute approximate surface area is 108 Å². The van der Waals surface area contributed by atoms with Gasteiger partial charge in [-0.15, -0.1) is 5.10 Å². The molecule has 1 aromatic carbocycles. The van der Waals surface area contributed by atoms with E-state index < -0.39 is 6.61 Å². The summed E-state index contributed by atoms with van der Waals surface area (Å²) in [5.74, 6) is -0.0359. The fraction of sp³-hybridized carbons (Fsp3) is 0.273. The Morgan fingerprint density at radius 2 is 2.11 bits per heavy atom. The van der Waals surface area contributed by atoms with Crippen LogP contribution in [0.4, 0.5) is 8.78 Å². The highest BCUT2D eigenvalue weighted by molar-refractivity contribution is 5.82. The maximum atomic E-state index is 12.2. The van der Waals surface area contributed by atoms with Crippen molar-refractivity contribution in [3.8, 4) is 11.5 Å². The van der Waals surface area contributed by atoms with Crippen molar-refractivity contribution in [2.45, 2.75) is 13.5 Å². The Bertz CT molecular complexity index is 474. The highest BCUT2D eigenvalue weighted by Crippen LogP contribution is 2.29. The maximum Gasteiger partial charge on any atom is 0.387 e. The minimum atomic E-state index is -2.92. The van der Waals surface area contributed by atoms with Gasteiger partial charge in [0, 0.05) is 0 Å². The third-order valence-electron chi connectivity index (χ3n) is 1.86. The molecule has 0 amide bonds. The average molecular weight is 272 g/mol. The molecule has 0 fully saturated rings. The van der Waals surface area contributed by atoms with Gasteiger partial charge in [-0.1, -0.05) is 0 Å². The number of rotatable bonds is 6. The number of nitrogens with two attached hydrogens (primary N) is 2. The van der Waals surface area contributed by atoms with E-state index in [0.717, 1.165) is 0 Å². The normalized spacial score (nSPS) is 10.7. The van der Waals surface area contributed by atoms with Crippen molar-refractivity contribution >= 4 is 12.2 Å². The minimum absolute atomic E-state index is 0.0455. The van der Waals surface area contributed by atoms with Crippen LogP contribution in [0.3, 0.4) is 0 Å². The SMILES string of the molecule is CCOc1cc(/C=N\N=C(N)N)ccc1OC(F)F. The predicted molar refractivity (Wildman–Crippen MR) is 67.6 cm³/mol. The molecule has 104 valence electrons. The van der Waals surface area contributed by atoms with E-state index in [9.17, 15) is 8.78 Å². The van der Waals surface area contributed by atoms with Crippen LogP contribution in [0.15, 0.2) is 28.4 Å². The van der Waals surface area contributed by atoms with Gasteiger partial charge in [0.1, 0.15) is 0 Å². The van der Waals surface area contributed by atoms with Crippen LogP contribution in [0.2, 0.25) is 0 Å². The second-order valence-corrected chi connectivity index (χ2v) is 3.29. The number of ether oxygens (including phenoxy) is 2. The molecule has 0 saturated carbocycles. The molecule has 0 aromatic heterocycles. The zero-order valence-electron chi connectivity index (χ0n) is 10.2. The molecule has 0 aliphatic rings. The molecule has 0 aliphatic heterocycles. The third-order valence-corrected chi connectivity index (χ3v) is 1.86. The van der Waals surface area contributed by atoms with Crippen molar-refractivity contribution in [3.05, 3.63) is 23.8 Å². The van der Waals surface area contributed by atoms with Crippen LogP contribution in [0.5, 0.6) is 11.5 Å². The predicted octanol–water partition coefficient (Wildman–Crippen LogP) is 1.29. The van der Waals surface area contributed by atoms with Crippen LogP contribution in [0.25, 0.3) is 0 Å². The number of alkyl halides is 2. The highest BCUT2D eigenvalue weighted by atomic mass is 19.3. The van der Waals surface area contributed by atoms with Gasteiger partial charge in [0.15, 0.2) is 11.5 Å².